The number of ketones is 1. The van der Waals surface area contributed by atoms with Crippen LogP contribution < -0.4 is 0 Å². The second-order valence-electron chi connectivity index (χ2n) is 3.61. The molecule has 0 rings (SSSR count). The Morgan fingerprint density at radius 1 is 1.33 bits per heavy atom. The van der Waals surface area contributed by atoms with Gasteiger partial charge in [0.1, 0.15) is 6.10 Å². The van der Waals surface area contributed by atoms with Crippen molar-refractivity contribution in [2.45, 2.75) is 52.6 Å². The number of unbranched alkanes of at least 4 members (excludes halogenated alkanes) is 2. The Bertz CT molecular complexity index is 130. The summed E-state index contributed by atoms with van der Waals surface area (Å²) in [4.78, 5) is 11.2. The molecule has 0 bridgehead atoms. The number of aliphatic hydroxyl groups is 1. The Kier molecular flexibility index (Phi) is 5.99. The van der Waals surface area contributed by atoms with E-state index in [1.54, 1.807) is 0 Å². The average molecular weight is 172 g/mol. The molecule has 0 spiro atoms. The van der Waals surface area contributed by atoms with Gasteiger partial charge in [-0.1, -0.05) is 33.6 Å². The van der Waals surface area contributed by atoms with Gasteiger partial charge < -0.3 is 5.11 Å². The molecule has 0 saturated heterocycles. The molecule has 0 aliphatic carbocycles. The van der Waals surface area contributed by atoms with Crippen molar-refractivity contribution in [1.29, 1.82) is 0 Å². The summed E-state index contributed by atoms with van der Waals surface area (Å²) in [6.45, 7) is 5.83. The van der Waals surface area contributed by atoms with Crippen molar-refractivity contribution < 1.29 is 9.90 Å². The molecule has 12 heavy (non-hydrogen) atoms. The lowest BCUT2D eigenvalue weighted by Gasteiger charge is -2.12. The van der Waals surface area contributed by atoms with Crippen LogP contribution in [0.5, 0.6) is 0 Å². The van der Waals surface area contributed by atoms with Crippen LogP contribution in [0, 0.1) is 5.92 Å². The van der Waals surface area contributed by atoms with Crippen molar-refractivity contribution in [2.75, 3.05) is 0 Å². The average Bonchev–Trinajstić information content (AvgIpc) is 2.03. The summed E-state index contributed by atoms with van der Waals surface area (Å²) in [5, 5.41) is 9.34. The largest absolute Gasteiger partial charge is 0.385 e. The van der Waals surface area contributed by atoms with Crippen molar-refractivity contribution >= 4 is 5.78 Å². The summed E-state index contributed by atoms with van der Waals surface area (Å²) in [5.74, 6) is 0.0533. The number of Topliss-reactive ketones (excluding diaryl/α,β-unsaturated/α-hetero) is 1. The van der Waals surface area contributed by atoms with Crippen molar-refractivity contribution in [3.63, 3.8) is 0 Å². The quantitative estimate of drug-likeness (QED) is 0.623. The van der Waals surface area contributed by atoms with E-state index in [0.29, 0.717) is 6.42 Å². The van der Waals surface area contributed by atoms with Crippen LogP contribution in [0.25, 0.3) is 0 Å². The van der Waals surface area contributed by atoms with Gasteiger partial charge in [0.25, 0.3) is 0 Å². The minimum Gasteiger partial charge on any atom is -0.385 e. The highest BCUT2D eigenvalue weighted by Gasteiger charge is 2.17. The van der Waals surface area contributed by atoms with Crippen LogP contribution in [0.1, 0.15) is 46.5 Å². The van der Waals surface area contributed by atoms with Crippen LogP contribution in [0.4, 0.5) is 0 Å². The maximum atomic E-state index is 11.2. The van der Waals surface area contributed by atoms with Gasteiger partial charge in [0.2, 0.25) is 0 Å². The first-order valence-electron chi connectivity index (χ1n) is 4.80. The molecule has 2 heteroatoms. The highest BCUT2D eigenvalue weighted by atomic mass is 16.3. The van der Waals surface area contributed by atoms with Gasteiger partial charge in [0.05, 0.1) is 0 Å². The third-order valence-electron chi connectivity index (χ3n) is 1.99. The predicted molar refractivity (Wildman–Crippen MR) is 50.0 cm³/mol. The third-order valence-corrected chi connectivity index (χ3v) is 1.99. The van der Waals surface area contributed by atoms with E-state index >= 15 is 0 Å². The summed E-state index contributed by atoms with van der Waals surface area (Å²) < 4.78 is 0. The number of carbonyl (C=O) groups is 1. The van der Waals surface area contributed by atoms with E-state index < -0.39 is 6.10 Å². The lowest BCUT2D eigenvalue weighted by molar-refractivity contribution is -0.129. The Morgan fingerprint density at radius 2 is 1.92 bits per heavy atom. The number of carbonyl (C=O) groups excluding carboxylic acids is 1. The van der Waals surface area contributed by atoms with E-state index in [9.17, 15) is 9.90 Å². The minimum absolute atomic E-state index is 0.00144. The van der Waals surface area contributed by atoms with E-state index in [2.05, 4.69) is 6.92 Å². The number of hydrogen-bond donors (Lipinski definition) is 1. The molecule has 0 aliphatic rings. The number of rotatable bonds is 6. The maximum absolute atomic E-state index is 11.2. The molecule has 0 aromatic carbocycles. The second-order valence-corrected chi connectivity index (χ2v) is 3.61. The SMILES string of the molecule is CCCCCC(=O)C(O)C(C)C. The standard InChI is InChI=1S/C10H20O2/c1-4-5-6-7-9(11)10(12)8(2)3/h8,10,12H,4-7H2,1-3H3. The lowest BCUT2D eigenvalue weighted by atomic mass is 9.99. The van der Waals surface area contributed by atoms with Crippen molar-refractivity contribution in [3.05, 3.63) is 0 Å². The molecule has 1 unspecified atom stereocenters. The Morgan fingerprint density at radius 3 is 2.33 bits per heavy atom. The predicted octanol–water partition coefficient (Wildman–Crippen LogP) is 2.15. The fraction of sp³-hybridized carbons (Fsp3) is 0.900. The van der Waals surface area contributed by atoms with Crippen LogP contribution >= 0.6 is 0 Å². The number of hydrogen-bond acceptors (Lipinski definition) is 2. The number of aliphatic hydroxyl groups excluding tert-OH is 1. The van der Waals surface area contributed by atoms with Crippen LogP contribution in [-0.2, 0) is 4.79 Å². The molecule has 0 aromatic heterocycles. The molecule has 0 amide bonds. The normalized spacial score (nSPS) is 13.4. The highest BCUT2D eigenvalue weighted by Crippen LogP contribution is 2.08. The van der Waals surface area contributed by atoms with E-state index in [1.807, 2.05) is 13.8 Å². The summed E-state index contributed by atoms with van der Waals surface area (Å²) in [7, 11) is 0. The molecule has 1 N–H and O–H groups in total. The zero-order valence-electron chi connectivity index (χ0n) is 8.34. The van der Waals surface area contributed by atoms with Gasteiger partial charge in [-0.05, 0) is 12.3 Å². The molecule has 0 radical (unpaired) electrons. The van der Waals surface area contributed by atoms with Gasteiger partial charge in [-0.3, -0.25) is 4.79 Å². The Hall–Kier alpha value is -0.370. The minimum atomic E-state index is -0.748. The highest BCUT2D eigenvalue weighted by molar-refractivity contribution is 5.82. The fourth-order valence-electron chi connectivity index (χ4n) is 1.07. The smallest absolute Gasteiger partial charge is 0.161 e. The van der Waals surface area contributed by atoms with E-state index in [-0.39, 0.29) is 11.7 Å². The fourth-order valence-corrected chi connectivity index (χ4v) is 1.07. The van der Waals surface area contributed by atoms with Gasteiger partial charge in [-0.2, -0.15) is 0 Å². The molecule has 1 atom stereocenters. The molecule has 0 aromatic rings. The molecule has 0 aliphatic heterocycles. The first-order valence-corrected chi connectivity index (χ1v) is 4.80. The Labute approximate surface area is 75.0 Å². The van der Waals surface area contributed by atoms with E-state index in [0.717, 1.165) is 19.3 Å². The van der Waals surface area contributed by atoms with Gasteiger partial charge in [0, 0.05) is 6.42 Å². The lowest BCUT2D eigenvalue weighted by Crippen LogP contribution is -2.25. The summed E-state index contributed by atoms with van der Waals surface area (Å²) >= 11 is 0. The van der Waals surface area contributed by atoms with Gasteiger partial charge >= 0.3 is 0 Å². The first-order chi connectivity index (χ1) is 5.59. The first kappa shape index (κ1) is 11.6. The summed E-state index contributed by atoms with van der Waals surface area (Å²) in [5.41, 5.74) is 0. The molecule has 0 fully saturated rings. The molecule has 0 heterocycles. The monoisotopic (exact) mass is 172 g/mol. The van der Waals surface area contributed by atoms with Crippen molar-refractivity contribution in [1.82, 2.24) is 0 Å². The maximum Gasteiger partial charge on any atom is 0.161 e. The zero-order chi connectivity index (χ0) is 9.56. The van der Waals surface area contributed by atoms with Crippen molar-refractivity contribution in [3.8, 4) is 0 Å². The van der Waals surface area contributed by atoms with Crippen LogP contribution in [0.15, 0.2) is 0 Å². The summed E-state index contributed by atoms with van der Waals surface area (Å²) in [6.07, 6.45) is 2.90. The van der Waals surface area contributed by atoms with Gasteiger partial charge in [-0.15, -0.1) is 0 Å². The van der Waals surface area contributed by atoms with Gasteiger partial charge in [0.15, 0.2) is 5.78 Å². The molecule has 0 saturated carbocycles. The zero-order valence-corrected chi connectivity index (χ0v) is 8.34. The summed E-state index contributed by atoms with van der Waals surface area (Å²) in [6, 6.07) is 0. The topological polar surface area (TPSA) is 37.3 Å². The van der Waals surface area contributed by atoms with E-state index in [1.165, 1.54) is 0 Å². The van der Waals surface area contributed by atoms with Crippen LogP contribution in [0.3, 0.4) is 0 Å². The molecular formula is C10H20O2. The molecule has 2 nitrogen and oxygen atoms in total. The third kappa shape index (κ3) is 4.50. The van der Waals surface area contributed by atoms with Crippen LogP contribution in [-0.4, -0.2) is 17.0 Å². The molecular weight excluding hydrogens is 152 g/mol. The second kappa shape index (κ2) is 6.18. The van der Waals surface area contributed by atoms with Gasteiger partial charge in [-0.25, -0.2) is 0 Å². The van der Waals surface area contributed by atoms with E-state index in [4.69, 9.17) is 0 Å². The van der Waals surface area contributed by atoms with Crippen molar-refractivity contribution in [2.24, 2.45) is 5.92 Å². The molecule has 72 valence electrons. The van der Waals surface area contributed by atoms with Crippen LogP contribution in [0.2, 0.25) is 0 Å². The Balaban J connectivity index is 3.57.